The van der Waals surface area contributed by atoms with E-state index in [1.165, 1.54) is 18.2 Å². The van der Waals surface area contributed by atoms with Gasteiger partial charge in [0.2, 0.25) is 5.95 Å². The van der Waals surface area contributed by atoms with Crippen LogP contribution in [0.2, 0.25) is 10.0 Å². The topological polar surface area (TPSA) is 64.2 Å². The molecule has 2 fully saturated rings. The van der Waals surface area contributed by atoms with Gasteiger partial charge in [0.15, 0.2) is 0 Å². The van der Waals surface area contributed by atoms with E-state index in [4.69, 9.17) is 28.9 Å². The summed E-state index contributed by atoms with van der Waals surface area (Å²) in [5.41, 5.74) is 6.46. The van der Waals surface area contributed by atoms with Crippen molar-refractivity contribution in [1.29, 1.82) is 0 Å². The number of anilines is 1. The van der Waals surface area contributed by atoms with Crippen LogP contribution in [0.3, 0.4) is 0 Å². The second-order valence-corrected chi connectivity index (χ2v) is 9.30. The molecule has 1 aromatic heterocycles. The minimum atomic E-state index is -0.0818. The van der Waals surface area contributed by atoms with Gasteiger partial charge in [-0.3, -0.25) is 9.36 Å². The van der Waals surface area contributed by atoms with Crippen molar-refractivity contribution in [2.75, 3.05) is 18.0 Å². The monoisotopic (exact) mass is 424 g/mol. The molecule has 2 aliphatic rings. The third-order valence-corrected chi connectivity index (χ3v) is 8.02. The second-order valence-electron chi connectivity index (χ2n) is 7.44. The number of benzene rings is 1. The number of aromatic nitrogens is 2. The Morgan fingerprint density at radius 1 is 1.22 bits per heavy atom. The Morgan fingerprint density at radius 3 is 2.59 bits per heavy atom. The summed E-state index contributed by atoms with van der Waals surface area (Å²) in [6.45, 7) is 1.78. The fourth-order valence-corrected chi connectivity index (χ4v) is 5.44. The average molecular weight is 425 g/mol. The third kappa shape index (κ3) is 3.37. The number of halogens is 2. The Balaban J connectivity index is 1.54. The summed E-state index contributed by atoms with van der Waals surface area (Å²) in [7, 11) is 1.77. The normalized spacial score (nSPS) is 21.3. The zero-order chi connectivity index (χ0) is 19.2. The highest BCUT2D eigenvalue weighted by Gasteiger charge is 2.46. The Bertz CT molecular complexity index is 924. The van der Waals surface area contributed by atoms with Crippen molar-refractivity contribution >= 4 is 40.9 Å². The lowest BCUT2D eigenvalue weighted by atomic mass is 9.60. The molecule has 1 saturated heterocycles. The van der Waals surface area contributed by atoms with Crippen LogP contribution in [0.25, 0.3) is 0 Å². The summed E-state index contributed by atoms with van der Waals surface area (Å²) in [4.78, 5) is 20.9. The first-order valence-corrected chi connectivity index (χ1v) is 10.7. The van der Waals surface area contributed by atoms with E-state index in [2.05, 4.69) is 9.88 Å². The Labute approximate surface area is 172 Å². The van der Waals surface area contributed by atoms with Crippen molar-refractivity contribution in [3.8, 4) is 0 Å². The van der Waals surface area contributed by atoms with Crippen molar-refractivity contribution in [3.05, 3.63) is 44.8 Å². The predicted molar refractivity (Wildman–Crippen MR) is 111 cm³/mol. The molecule has 2 N–H and O–H groups in total. The van der Waals surface area contributed by atoms with Gasteiger partial charge in [0, 0.05) is 31.1 Å². The Hall–Kier alpha value is -1.21. The first-order valence-electron chi connectivity index (χ1n) is 9.10. The second kappa shape index (κ2) is 7.32. The van der Waals surface area contributed by atoms with Crippen molar-refractivity contribution in [1.82, 2.24) is 9.55 Å². The van der Waals surface area contributed by atoms with Gasteiger partial charge in [0.1, 0.15) is 0 Å². The van der Waals surface area contributed by atoms with Crippen LogP contribution in [0.5, 0.6) is 0 Å². The summed E-state index contributed by atoms with van der Waals surface area (Å²) in [6, 6.07) is 5.72. The summed E-state index contributed by atoms with van der Waals surface area (Å²) in [6.07, 6.45) is 6.13. The van der Waals surface area contributed by atoms with Crippen LogP contribution in [0.4, 0.5) is 5.95 Å². The fraction of sp³-hybridized carbons (Fsp3) is 0.474. The number of nitrogens with zero attached hydrogens (tertiary/aromatic N) is 3. The molecule has 27 heavy (non-hydrogen) atoms. The smallest absolute Gasteiger partial charge is 0.268 e. The van der Waals surface area contributed by atoms with E-state index in [1.54, 1.807) is 23.9 Å². The maximum Gasteiger partial charge on any atom is 0.268 e. The largest absolute Gasteiger partial charge is 0.342 e. The molecule has 2 heterocycles. The molecule has 0 bridgehead atoms. The number of nitrogens with two attached hydrogens (primary N) is 1. The number of rotatable bonds is 3. The van der Waals surface area contributed by atoms with Gasteiger partial charge >= 0.3 is 0 Å². The first-order chi connectivity index (χ1) is 12.9. The molecule has 5 nitrogen and oxygen atoms in total. The van der Waals surface area contributed by atoms with Gasteiger partial charge in [0.05, 0.1) is 21.1 Å². The molecule has 0 amide bonds. The van der Waals surface area contributed by atoms with Crippen LogP contribution in [0.15, 0.2) is 39.0 Å². The number of piperidine rings is 1. The Kier molecular flexibility index (Phi) is 5.18. The van der Waals surface area contributed by atoms with Gasteiger partial charge in [-0.25, -0.2) is 4.98 Å². The van der Waals surface area contributed by atoms with Gasteiger partial charge in [-0.15, -0.1) is 0 Å². The van der Waals surface area contributed by atoms with Crippen molar-refractivity contribution < 1.29 is 0 Å². The lowest BCUT2D eigenvalue weighted by Crippen LogP contribution is -2.56. The number of hydrogen-bond acceptors (Lipinski definition) is 5. The molecular formula is C19H22Cl2N4OS. The molecule has 1 spiro atoms. The summed E-state index contributed by atoms with van der Waals surface area (Å²) < 4.78 is 1.62. The van der Waals surface area contributed by atoms with E-state index >= 15 is 0 Å². The average Bonchev–Trinajstić information content (AvgIpc) is 2.68. The van der Waals surface area contributed by atoms with Gasteiger partial charge in [-0.1, -0.05) is 41.0 Å². The molecule has 1 saturated carbocycles. The quantitative estimate of drug-likeness (QED) is 0.807. The minimum absolute atomic E-state index is 0.0818. The van der Waals surface area contributed by atoms with Gasteiger partial charge in [-0.05, 0) is 43.2 Å². The number of hydrogen-bond donors (Lipinski definition) is 1. The fourth-order valence-electron chi connectivity index (χ4n) is 4.05. The first kappa shape index (κ1) is 19.1. The van der Waals surface area contributed by atoms with E-state index in [-0.39, 0.29) is 5.56 Å². The van der Waals surface area contributed by atoms with E-state index in [1.807, 2.05) is 12.1 Å². The molecule has 0 radical (unpaired) electrons. The predicted octanol–water partition coefficient (Wildman–Crippen LogP) is 3.95. The van der Waals surface area contributed by atoms with E-state index in [0.29, 0.717) is 32.3 Å². The van der Waals surface area contributed by atoms with Crippen LogP contribution in [-0.4, -0.2) is 28.7 Å². The lowest BCUT2D eigenvalue weighted by Gasteiger charge is -2.52. The highest BCUT2D eigenvalue weighted by atomic mass is 35.5. The van der Waals surface area contributed by atoms with E-state index in [0.717, 1.165) is 37.2 Å². The molecule has 8 heteroatoms. The molecule has 1 aliphatic heterocycles. The summed E-state index contributed by atoms with van der Waals surface area (Å²) >= 11 is 13.6. The molecule has 144 valence electrons. The molecule has 4 rings (SSSR count). The van der Waals surface area contributed by atoms with E-state index in [9.17, 15) is 4.79 Å². The Morgan fingerprint density at radius 2 is 1.96 bits per heavy atom. The van der Waals surface area contributed by atoms with Gasteiger partial charge in [0.25, 0.3) is 5.56 Å². The lowest BCUT2D eigenvalue weighted by molar-refractivity contribution is 0.0607. The highest BCUT2D eigenvalue weighted by molar-refractivity contribution is 7.99. The zero-order valence-electron chi connectivity index (χ0n) is 15.1. The molecule has 1 aliphatic carbocycles. The van der Waals surface area contributed by atoms with Crippen LogP contribution in [-0.2, 0) is 7.05 Å². The third-order valence-electron chi connectivity index (χ3n) is 6.03. The van der Waals surface area contributed by atoms with Crippen LogP contribution in [0, 0.1) is 5.41 Å². The highest BCUT2D eigenvalue weighted by Crippen LogP contribution is 2.48. The van der Waals surface area contributed by atoms with Crippen molar-refractivity contribution in [2.45, 2.75) is 41.5 Å². The van der Waals surface area contributed by atoms with Gasteiger partial charge < -0.3 is 10.6 Å². The maximum atomic E-state index is 12.9. The summed E-state index contributed by atoms with van der Waals surface area (Å²) in [5.74, 6) is 0.712. The standard InChI is InChI=1S/C19H22Cl2N4OS/c1-24-17(26)14(27-13-4-2-3-12(20)16(13)21)11-23-18(24)25-9-7-19(8-10-25)6-5-15(19)22/h2-4,11,15H,5-10,22H2,1H3/t15-/m0/s1. The maximum absolute atomic E-state index is 12.9. The minimum Gasteiger partial charge on any atom is -0.342 e. The van der Waals surface area contributed by atoms with Crippen molar-refractivity contribution in [2.24, 2.45) is 18.2 Å². The van der Waals surface area contributed by atoms with E-state index < -0.39 is 0 Å². The zero-order valence-corrected chi connectivity index (χ0v) is 17.4. The van der Waals surface area contributed by atoms with Gasteiger partial charge in [-0.2, -0.15) is 0 Å². The van der Waals surface area contributed by atoms with Crippen LogP contribution < -0.4 is 16.2 Å². The molecule has 1 aromatic carbocycles. The van der Waals surface area contributed by atoms with Crippen LogP contribution >= 0.6 is 35.0 Å². The molecule has 1 atom stereocenters. The van der Waals surface area contributed by atoms with Crippen LogP contribution in [0.1, 0.15) is 25.7 Å². The molecular weight excluding hydrogens is 403 g/mol. The molecule has 2 aromatic rings. The summed E-state index contributed by atoms with van der Waals surface area (Å²) in [5, 5.41) is 0.924. The SMILES string of the molecule is Cn1c(N2CCC3(CC[C@@H]3N)CC2)ncc(Sc2cccc(Cl)c2Cl)c1=O. The van der Waals surface area contributed by atoms with Crippen molar-refractivity contribution in [3.63, 3.8) is 0 Å². The molecule has 0 unspecified atom stereocenters.